The van der Waals surface area contributed by atoms with E-state index in [4.69, 9.17) is 15.5 Å². The fourth-order valence-electron chi connectivity index (χ4n) is 5.26. The first kappa shape index (κ1) is 31.1. The first-order valence-electron chi connectivity index (χ1n) is 13.1. The number of primary amides is 1. The van der Waals surface area contributed by atoms with Crippen LogP contribution >= 0.6 is 7.82 Å². The number of nitrogens with two attached hydrogens (primary N) is 1. The zero-order chi connectivity index (χ0) is 29.8. The number of nitrogens with zero attached hydrogens (tertiary/aromatic N) is 1. The molecule has 5 amide bonds. The highest BCUT2D eigenvalue weighted by Gasteiger charge is 2.62. The summed E-state index contributed by atoms with van der Waals surface area (Å²) < 4.78 is 15.5. The molecular weight excluding hydrogens is 541 g/mol. The van der Waals surface area contributed by atoms with E-state index in [1.54, 1.807) is 24.0 Å². The Morgan fingerprint density at radius 2 is 1.77 bits per heavy atom. The minimum absolute atomic E-state index is 0.0161. The summed E-state index contributed by atoms with van der Waals surface area (Å²) >= 11 is 0. The Kier molecular flexibility index (Phi) is 9.99. The summed E-state index contributed by atoms with van der Waals surface area (Å²) in [7, 11) is -4.68. The van der Waals surface area contributed by atoms with Crippen LogP contribution in [-0.2, 0) is 18.9 Å². The minimum atomic E-state index is -4.68. The highest BCUT2D eigenvalue weighted by Crippen LogP contribution is 2.55. The second kappa shape index (κ2) is 12.8. The van der Waals surface area contributed by atoms with E-state index in [0.717, 1.165) is 0 Å². The molecule has 1 aliphatic heterocycles. The average molecular weight is 580 g/mol. The molecule has 1 heterocycles. The van der Waals surface area contributed by atoms with Gasteiger partial charge in [0.25, 0.3) is 0 Å². The summed E-state index contributed by atoms with van der Waals surface area (Å²) in [6.07, 6.45) is 1.73. The second-order valence-electron chi connectivity index (χ2n) is 10.7. The van der Waals surface area contributed by atoms with Crippen molar-refractivity contribution in [2.75, 3.05) is 19.6 Å². The molecule has 13 nitrogen and oxygen atoms in total. The van der Waals surface area contributed by atoms with E-state index < -0.39 is 31.8 Å². The molecule has 1 aromatic rings. The standard InChI is InChI=1S/C26H38N5O8P/c1-14(2)11-20(30-21(32)12-15(3)17-5-7-18(8-6-17)39-40(36,37)38)25(34)31-13-19-16(4)22(19)23(31)24(33)28-9-10-29-26(27)35/h5-8,12,14,16,19-20,22-23H,9-11,13H2,1-4H3,(H,28,33)(H,30,32)(H3,27,29,35)(H2,36,37,38)/b15-12+/t16?,19?,20-,22?,23-/m0/s1. The number of urea groups is 1. The summed E-state index contributed by atoms with van der Waals surface area (Å²) in [6, 6.07) is 3.69. The predicted octanol–water partition coefficient (Wildman–Crippen LogP) is 0.970. The lowest BCUT2D eigenvalue weighted by Gasteiger charge is -2.32. The molecule has 14 heteroatoms. The molecule has 1 aliphatic carbocycles. The van der Waals surface area contributed by atoms with E-state index in [0.29, 0.717) is 30.0 Å². The number of amides is 5. The largest absolute Gasteiger partial charge is 0.524 e. The Hall–Kier alpha value is -3.41. The number of nitrogens with one attached hydrogen (secondary N) is 3. The van der Waals surface area contributed by atoms with Crippen LogP contribution in [0.3, 0.4) is 0 Å². The average Bonchev–Trinajstić information content (AvgIpc) is 3.28. The SMILES string of the molecule is C/C(=C\C(=O)N[C@@H](CC(C)C)C(=O)N1CC2C(C)C2[C@H]1C(=O)NCCNC(N)=O)c1ccc(OP(=O)(O)O)cc1. The second-order valence-corrected chi connectivity index (χ2v) is 11.9. The summed E-state index contributed by atoms with van der Waals surface area (Å²) in [5, 5.41) is 7.99. The monoisotopic (exact) mass is 579 g/mol. The van der Waals surface area contributed by atoms with Gasteiger partial charge in [0.1, 0.15) is 17.8 Å². The number of benzene rings is 1. The van der Waals surface area contributed by atoms with E-state index in [1.807, 2.05) is 13.8 Å². The van der Waals surface area contributed by atoms with Gasteiger partial charge in [-0.3, -0.25) is 24.2 Å². The zero-order valence-electron chi connectivity index (χ0n) is 23.0. The molecule has 1 saturated heterocycles. The van der Waals surface area contributed by atoms with Crippen molar-refractivity contribution < 1.29 is 38.1 Å². The molecule has 2 fully saturated rings. The van der Waals surface area contributed by atoms with Gasteiger partial charge in [0.05, 0.1) is 0 Å². The van der Waals surface area contributed by atoms with Gasteiger partial charge in [-0.1, -0.05) is 32.9 Å². The van der Waals surface area contributed by atoms with Crippen LogP contribution < -0.4 is 26.2 Å². The number of carbonyl (C=O) groups excluding carboxylic acids is 4. The van der Waals surface area contributed by atoms with Gasteiger partial charge in [0, 0.05) is 25.7 Å². The maximum atomic E-state index is 13.7. The van der Waals surface area contributed by atoms with Gasteiger partial charge in [-0.05, 0) is 60.3 Å². The highest BCUT2D eigenvalue weighted by molar-refractivity contribution is 7.46. The van der Waals surface area contributed by atoms with Crippen molar-refractivity contribution in [3.8, 4) is 5.75 Å². The minimum Gasteiger partial charge on any atom is -0.404 e. The molecule has 1 saturated carbocycles. The molecule has 7 N–H and O–H groups in total. The van der Waals surface area contributed by atoms with Gasteiger partial charge in [0.2, 0.25) is 17.7 Å². The number of phosphoric ester groups is 1. The van der Waals surface area contributed by atoms with Crippen LogP contribution in [0.1, 0.15) is 39.7 Å². The van der Waals surface area contributed by atoms with Crippen molar-refractivity contribution in [2.45, 2.75) is 46.2 Å². The quantitative estimate of drug-likeness (QED) is 0.119. The Morgan fingerprint density at radius 3 is 2.35 bits per heavy atom. The van der Waals surface area contributed by atoms with Gasteiger partial charge in [-0.2, -0.15) is 0 Å². The van der Waals surface area contributed by atoms with Crippen molar-refractivity contribution in [1.82, 2.24) is 20.9 Å². The fourth-order valence-corrected chi connectivity index (χ4v) is 5.66. The molecule has 220 valence electrons. The van der Waals surface area contributed by atoms with Crippen LogP contribution in [0.25, 0.3) is 5.57 Å². The van der Waals surface area contributed by atoms with Crippen molar-refractivity contribution in [1.29, 1.82) is 0 Å². The topological polar surface area (TPSA) is 200 Å². The number of allylic oxidation sites excluding steroid dienone is 1. The summed E-state index contributed by atoms with van der Waals surface area (Å²) in [4.78, 5) is 70.0. The lowest BCUT2D eigenvalue weighted by atomic mass is 10.0. The van der Waals surface area contributed by atoms with Crippen molar-refractivity contribution in [3.63, 3.8) is 0 Å². The fraction of sp³-hybridized carbons (Fsp3) is 0.538. The Balaban J connectivity index is 1.69. The van der Waals surface area contributed by atoms with Crippen molar-refractivity contribution in [2.24, 2.45) is 29.4 Å². The number of hydrogen-bond donors (Lipinski definition) is 6. The van der Waals surface area contributed by atoms with E-state index in [9.17, 15) is 23.7 Å². The molecule has 3 rings (SSSR count). The number of likely N-dealkylation sites (tertiary alicyclic amines) is 1. The highest BCUT2D eigenvalue weighted by atomic mass is 31.2. The van der Waals surface area contributed by atoms with Crippen LogP contribution in [0, 0.1) is 23.7 Å². The summed E-state index contributed by atoms with van der Waals surface area (Å²) in [5.74, 6) is -0.452. The molecule has 0 radical (unpaired) electrons. The molecule has 0 aromatic heterocycles. The van der Waals surface area contributed by atoms with Crippen molar-refractivity contribution >= 4 is 37.1 Å². The van der Waals surface area contributed by atoms with Crippen LogP contribution in [0.15, 0.2) is 30.3 Å². The molecule has 40 heavy (non-hydrogen) atoms. The number of hydrogen-bond acceptors (Lipinski definition) is 6. The van der Waals surface area contributed by atoms with Crippen LogP contribution in [-0.4, -0.2) is 70.2 Å². The summed E-state index contributed by atoms with van der Waals surface area (Å²) in [5.41, 5.74) is 6.24. The molecule has 2 aliphatic rings. The van der Waals surface area contributed by atoms with Crippen molar-refractivity contribution in [3.05, 3.63) is 35.9 Å². The van der Waals surface area contributed by atoms with Gasteiger partial charge < -0.3 is 31.1 Å². The van der Waals surface area contributed by atoms with E-state index in [-0.39, 0.29) is 48.4 Å². The number of fused-ring (bicyclic) bond motifs is 1. The molecule has 3 unspecified atom stereocenters. The predicted molar refractivity (Wildman–Crippen MR) is 146 cm³/mol. The van der Waals surface area contributed by atoms with Gasteiger partial charge in [0.15, 0.2) is 0 Å². The molecule has 5 atom stereocenters. The van der Waals surface area contributed by atoms with Gasteiger partial charge in [-0.15, -0.1) is 0 Å². The third-order valence-corrected chi connectivity index (χ3v) is 7.67. The molecule has 0 bridgehead atoms. The van der Waals surface area contributed by atoms with E-state index >= 15 is 0 Å². The smallest absolute Gasteiger partial charge is 0.404 e. The maximum Gasteiger partial charge on any atom is 0.524 e. The molecular formula is C26H38N5O8P. The van der Waals surface area contributed by atoms with Crippen LogP contribution in [0.4, 0.5) is 4.79 Å². The maximum absolute atomic E-state index is 13.7. The lowest BCUT2D eigenvalue weighted by molar-refractivity contribution is -0.142. The first-order chi connectivity index (χ1) is 18.7. The van der Waals surface area contributed by atoms with E-state index in [1.165, 1.54) is 18.2 Å². The van der Waals surface area contributed by atoms with Crippen LogP contribution in [0.2, 0.25) is 0 Å². The number of carbonyl (C=O) groups is 4. The normalized spacial score (nSPS) is 22.8. The van der Waals surface area contributed by atoms with E-state index in [2.05, 4.69) is 27.4 Å². The Bertz CT molecular complexity index is 1200. The molecule has 0 spiro atoms. The van der Waals surface area contributed by atoms with Gasteiger partial charge >= 0.3 is 13.9 Å². The Labute approximate surface area is 233 Å². The van der Waals surface area contributed by atoms with Gasteiger partial charge in [-0.25, -0.2) is 9.36 Å². The zero-order valence-corrected chi connectivity index (χ0v) is 23.9. The summed E-state index contributed by atoms with van der Waals surface area (Å²) in [6.45, 7) is 8.41. The number of phosphoric acid groups is 1. The third-order valence-electron chi connectivity index (χ3n) is 7.22. The Morgan fingerprint density at radius 1 is 1.15 bits per heavy atom. The molecule has 1 aromatic carbocycles. The first-order valence-corrected chi connectivity index (χ1v) is 14.7. The number of rotatable bonds is 12. The lowest BCUT2D eigenvalue weighted by Crippen LogP contribution is -2.56. The van der Waals surface area contributed by atoms with Crippen LogP contribution in [0.5, 0.6) is 5.75 Å². The third kappa shape index (κ3) is 8.30. The number of piperidine rings is 1.